The Morgan fingerprint density at radius 1 is 1.04 bits per heavy atom. The Bertz CT molecular complexity index is 800. The molecule has 0 radical (unpaired) electrons. The number of esters is 1. The lowest BCUT2D eigenvalue weighted by Gasteiger charge is -2.07. The third-order valence-corrected chi connectivity index (χ3v) is 3.56. The number of carbonyl (C=O) groups excluding carboxylic acids is 3. The van der Waals surface area contributed by atoms with Gasteiger partial charge in [-0.25, -0.2) is 9.18 Å². The fraction of sp³-hybridized carbons (Fsp3) is 0.211. The molecule has 0 fully saturated rings. The zero-order chi connectivity index (χ0) is 18.4. The molecular formula is C19H18FNO4. The molecule has 2 aromatic rings. The lowest BCUT2D eigenvalue weighted by Crippen LogP contribution is -2.19. The van der Waals surface area contributed by atoms with Gasteiger partial charge in [-0.1, -0.05) is 30.3 Å². The molecule has 2 rings (SSSR count). The summed E-state index contributed by atoms with van der Waals surface area (Å²) in [6.07, 6.45) is 0. The summed E-state index contributed by atoms with van der Waals surface area (Å²) in [4.78, 5) is 34.8. The van der Waals surface area contributed by atoms with E-state index < -0.39 is 18.4 Å². The van der Waals surface area contributed by atoms with Gasteiger partial charge in [0, 0.05) is 19.0 Å². The molecular weight excluding hydrogens is 325 g/mol. The normalized spacial score (nSPS) is 10.2. The van der Waals surface area contributed by atoms with Crippen LogP contribution in [0.2, 0.25) is 0 Å². The molecule has 0 saturated carbocycles. The zero-order valence-corrected chi connectivity index (χ0v) is 14.0. The van der Waals surface area contributed by atoms with Gasteiger partial charge in [-0.2, -0.15) is 0 Å². The van der Waals surface area contributed by atoms with Crippen molar-refractivity contribution in [2.45, 2.75) is 20.4 Å². The van der Waals surface area contributed by atoms with Crippen LogP contribution in [0.3, 0.4) is 0 Å². The molecule has 0 aliphatic rings. The van der Waals surface area contributed by atoms with Crippen molar-refractivity contribution in [1.29, 1.82) is 0 Å². The SMILES string of the molecule is CC(=O)NCc1ccc(C(=O)COC(=O)c2ccc(C)c(F)c2)cc1. The van der Waals surface area contributed by atoms with Crippen LogP contribution in [0, 0.1) is 12.7 Å². The van der Waals surface area contributed by atoms with Gasteiger partial charge >= 0.3 is 5.97 Å². The topological polar surface area (TPSA) is 72.5 Å². The van der Waals surface area contributed by atoms with Gasteiger partial charge in [0.15, 0.2) is 12.4 Å². The van der Waals surface area contributed by atoms with E-state index in [-0.39, 0.29) is 17.3 Å². The predicted molar refractivity (Wildman–Crippen MR) is 89.7 cm³/mol. The average Bonchev–Trinajstić information content (AvgIpc) is 2.60. The average molecular weight is 343 g/mol. The third-order valence-electron chi connectivity index (χ3n) is 3.56. The third kappa shape index (κ3) is 5.24. The number of carbonyl (C=O) groups is 3. The molecule has 0 unspecified atom stereocenters. The van der Waals surface area contributed by atoms with Crippen molar-refractivity contribution in [3.8, 4) is 0 Å². The maximum absolute atomic E-state index is 13.5. The monoisotopic (exact) mass is 343 g/mol. The van der Waals surface area contributed by atoms with Crippen LogP contribution in [0.5, 0.6) is 0 Å². The van der Waals surface area contributed by atoms with Gasteiger partial charge in [-0.3, -0.25) is 9.59 Å². The van der Waals surface area contributed by atoms with Crippen molar-refractivity contribution in [3.63, 3.8) is 0 Å². The smallest absolute Gasteiger partial charge is 0.338 e. The molecule has 1 N–H and O–H groups in total. The fourth-order valence-electron chi connectivity index (χ4n) is 2.05. The summed E-state index contributed by atoms with van der Waals surface area (Å²) in [6.45, 7) is 2.95. The van der Waals surface area contributed by atoms with E-state index in [0.29, 0.717) is 17.7 Å². The van der Waals surface area contributed by atoms with Gasteiger partial charge in [-0.15, -0.1) is 0 Å². The molecule has 25 heavy (non-hydrogen) atoms. The molecule has 6 heteroatoms. The summed E-state index contributed by atoms with van der Waals surface area (Å²) in [5.41, 5.74) is 1.71. The number of nitrogens with one attached hydrogen (secondary N) is 1. The van der Waals surface area contributed by atoms with Crippen molar-refractivity contribution in [2.24, 2.45) is 0 Å². The maximum Gasteiger partial charge on any atom is 0.338 e. The summed E-state index contributed by atoms with van der Waals surface area (Å²) < 4.78 is 18.4. The minimum atomic E-state index is -0.755. The van der Waals surface area contributed by atoms with E-state index in [0.717, 1.165) is 11.6 Å². The predicted octanol–water partition coefficient (Wildman–Crippen LogP) is 2.81. The van der Waals surface area contributed by atoms with E-state index in [1.54, 1.807) is 31.2 Å². The van der Waals surface area contributed by atoms with Crippen molar-refractivity contribution in [3.05, 3.63) is 70.5 Å². The Morgan fingerprint density at radius 3 is 2.28 bits per heavy atom. The van der Waals surface area contributed by atoms with Crippen molar-refractivity contribution >= 4 is 17.7 Å². The van der Waals surface area contributed by atoms with Gasteiger partial charge in [-0.05, 0) is 30.2 Å². The highest BCUT2D eigenvalue weighted by Crippen LogP contribution is 2.11. The van der Waals surface area contributed by atoms with Gasteiger partial charge in [0.2, 0.25) is 5.91 Å². The van der Waals surface area contributed by atoms with E-state index in [9.17, 15) is 18.8 Å². The van der Waals surface area contributed by atoms with Crippen LogP contribution in [-0.4, -0.2) is 24.3 Å². The van der Waals surface area contributed by atoms with E-state index in [2.05, 4.69) is 5.32 Å². The van der Waals surface area contributed by atoms with Crippen LogP contribution in [0.4, 0.5) is 4.39 Å². The Balaban J connectivity index is 1.92. The van der Waals surface area contributed by atoms with Crippen molar-refractivity contribution < 1.29 is 23.5 Å². The Hall–Kier alpha value is -3.02. The molecule has 0 heterocycles. The number of amides is 1. The number of hydrogen-bond acceptors (Lipinski definition) is 4. The zero-order valence-electron chi connectivity index (χ0n) is 14.0. The first-order valence-corrected chi connectivity index (χ1v) is 7.66. The van der Waals surface area contributed by atoms with Gasteiger partial charge in [0.1, 0.15) is 5.82 Å². The minimum absolute atomic E-state index is 0.0570. The number of benzene rings is 2. The van der Waals surface area contributed by atoms with Gasteiger partial charge in [0.05, 0.1) is 5.56 Å². The van der Waals surface area contributed by atoms with Crippen molar-refractivity contribution in [2.75, 3.05) is 6.61 Å². The van der Waals surface area contributed by atoms with E-state index in [4.69, 9.17) is 4.74 Å². The second kappa shape index (κ2) is 8.19. The lowest BCUT2D eigenvalue weighted by molar-refractivity contribution is -0.119. The number of Topliss-reactive ketones (excluding diaryl/α,β-unsaturated/α-hetero) is 1. The first-order valence-electron chi connectivity index (χ1n) is 7.66. The molecule has 0 aliphatic heterocycles. The molecule has 0 saturated heterocycles. The Morgan fingerprint density at radius 2 is 1.68 bits per heavy atom. The second-order valence-electron chi connectivity index (χ2n) is 5.57. The van der Waals surface area contributed by atoms with Gasteiger partial charge < -0.3 is 10.1 Å². The van der Waals surface area contributed by atoms with E-state index in [1.807, 2.05) is 0 Å². The highest BCUT2D eigenvalue weighted by molar-refractivity contribution is 5.99. The van der Waals surface area contributed by atoms with E-state index >= 15 is 0 Å². The number of ether oxygens (including phenoxy) is 1. The first-order chi connectivity index (χ1) is 11.9. The Labute approximate surface area is 144 Å². The van der Waals surface area contributed by atoms with Crippen LogP contribution in [0.25, 0.3) is 0 Å². The molecule has 130 valence electrons. The van der Waals surface area contributed by atoms with Crippen LogP contribution in [-0.2, 0) is 16.1 Å². The minimum Gasteiger partial charge on any atom is -0.454 e. The number of halogens is 1. The first kappa shape index (κ1) is 18.3. The molecule has 1 amide bonds. The number of ketones is 1. The fourth-order valence-corrected chi connectivity index (χ4v) is 2.05. The molecule has 0 spiro atoms. The number of aryl methyl sites for hydroxylation is 1. The maximum atomic E-state index is 13.5. The Kier molecular flexibility index (Phi) is 6.00. The summed E-state index contributed by atoms with van der Waals surface area (Å²) in [7, 11) is 0. The lowest BCUT2D eigenvalue weighted by atomic mass is 10.1. The summed E-state index contributed by atoms with van der Waals surface area (Å²) in [5.74, 6) is -1.77. The molecule has 5 nitrogen and oxygen atoms in total. The number of rotatable bonds is 6. The quantitative estimate of drug-likeness (QED) is 0.647. The molecule has 2 aromatic carbocycles. The highest BCUT2D eigenvalue weighted by atomic mass is 19.1. The van der Waals surface area contributed by atoms with Crippen LogP contribution in [0.15, 0.2) is 42.5 Å². The number of hydrogen-bond donors (Lipinski definition) is 1. The van der Waals surface area contributed by atoms with Crippen LogP contribution >= 0.6 is 0 Å². The summed E-state index contributed by atoms with van der Waals surface area (Å²) in [5, 5.41) is 2.65. The standard InChI is InChI=1S/C19H18FNO4/c1-12-3-6-16(9-17(12)20)19(24)25-11-18(23)15-7-4-14(5-8-15)10-21-13(2)22/h3-9H,10-11H2,1-2H3,(H,21,22). The molecule has 0 bridgehead atoms. The van der Waals surface area contributed by atoms with E-state index in [1.165, 1.54) is 19.1 Å². The summed E-state index contributed by atoms with van der Waals surface area (Å²) >= 11 is 0. The molecule has 0 aliphatic carbocycles. The van der Waals surface area contributed by atoms with Crippen LogP contribution < -0.4 is 5.32 Å². The second-order valence-corrected chi connectivity index (χ2v) is 5.57. The van der Waals surface area contributed by atoms with Crippen molar-refractivity contribution in [1.82, 2.24) is 5.32 Å². The summed E-state index contributed by atoms with van der Waals surface area (Å²) in [6, 6.07) is 10.6. The highest BCUT2D eigenvalue weighted by Gasteiger charge is 2.13. The largest absolute Gasteiger partial charge is 0.454 e. The van der Waals surface area contributed by atoms with Crippen LogP contribution in [0.1, 0.15) is 38.8 Å². The van der Waals surface area contributed by atoms with Gasteiger partial charge in [0.25, 0.3) is 0 Å². The molecule has 0 aromatic heterocycles. The molecule has 0 atom stereocenters.